The molecule has 2 aliphatic rings. The molecule has 1 heterocycles. The Kier molecular flexibility index (Phi) is 5.01. The number of amides is 1. The van der Waals surface area contributed by atoms with Gasteiger partial charge in [-0.1, -0.05) is 12.8 Å². The van der Waals surface area contributed by atoms with E-state index in [0.29, 0.717) is 11.8 Å². The number of rotatable bonds is 4. The molecule has 1 aliphatic carbocycles. The number of nitrogens with zero attached hydrogens (tertiary/aromatic N) is 1. The molecule has 2 N–H and O–H groups in total. The second kappa shape index (κ2) is 6.53. The Balaban J connectivity index is 1.92. The van der Waals surface area contributed by atoms with E-state index in [-0.39, 0.29) is 18.6 Å². The summed E-state index contributed by atoms with van der Waals surface area (Å²) < 4.78 is 0. The minimum Gasteiger partial charge on any atom is -0.396 e. The van der Waals surface area contributed by atoms with Crippen molar-refractivity contribution < 1.29 is 9.90 Å². The number of aliphatic hydroxyl groups is 1. The summed E-state index contributed by atoms with van der Waals surface area (Å²) in [5.74, 6) is 1.16. The van der Waals surface area contributed by atoms with Crippen LogP contribution in [0.2, 0.25) is 0 Å². The lowest BCUT2D eigenvalue weighted by Crippen LogP contribution is -2.51. The molecular weight excluding hydrogens is 228 g/mol. The van der Waals surface area contributed by atoms with Gasteiger partial charge in [0.05, 0.1) is 6.04 Å². The maximum atomic E-state index is 12.2. The van der Waals surface area contributed by atoms with Gasteiger partial charge in [0.2, 0.25) is 5.91 Å². The quantitative estimate of drug-likeness (QED) is 0.787. The molecule has 0 spiro atoms. The van der Waals surface area contributed by atoms with E-state index >= 15 is 0 Å². The largest absolute Gasteiger partial charge is 0.396 e. The van der Waals surface area contributed by atoms with E-state index < -0.39 is 0 Å². The SMILES string of the molecule is CNC1CCCN(CC2CCCCC2CO)C1=O. The third kappa shape index (κ3) is 3.04. The molecule has 2 rings (SSSR count). The van der Waals surface area contributed by atoms with E-state index in [1.54, 1.807) is 0 Å². The van der Waals surface area contributed by atoms with Crippen LogP contribution < -0.4 is 5.32 Å². The average molecular weight is 254 g/mol. The van der Waals surface area contributed by atoms with Crippen molar-refractivity contribution in [3.8, 4) is 0 Å². The van der Waals surface area contributed by atoms with E-state index in [1.807, 2.05) is 11.9 Å². The summed E-state index contributed by atoms with van der Waals surface area (Å²) in [6.07, 6.45) is 6.82. The zero-order valence-electron chi connectivity index (χ0n) is 11.4. The van der Waals surface area contributed by atoms with E-state index in [4.69, 9.17) is 0 Å². The number of likely N-dealkylation sites (tertiary alicyclic amines) is 1. The maximum Gasteiger partial charge on any atom is 0.239 e. The summed E-state index contributed by atoms with van der Waals surface area (Å²) in [5, 5.41) is 12.5. The Hall–Kier alpha value is -0.610. The van der Waals surface area contributed by atoms with Crippen LogP contribution >= 0.6 is 0 Å². The van der Waals surface area contributed by atoms with Crippen molar-refractivity contribution in [1.29, 1.82) is 0 Å². The number of likely N-dealkylation sites (N-methyl/N-ethyl adjacent to an activating group) is 1. The van der Waals surface area contributed by atoms with Gasteiger partial charge in [0.1, 0.15) is 0 Å². The van der Waals surface area contributed by atoms with Gasteiger partial charge in [0, 0.05) is 19.7 Å². The van der Waals surface area contributed by atoms with Crippen molar-refractivity contribution in [2.75, 3.05) is 26.7 Å². The predicted molar refractivity (Wildman–Crippen MR) is 71.2 cm³/mol. The molecule has 2 fully saturated rings. The molecular formula is C14H26N2O2. The summed E-state index contributed by atoms with van der Waals surface area (Å²) in [6.45, 7) is 2.02. The smallest absolute Gasteiger partial charge is 0.239 e. The Morgan fingerprint density at radius 3 is 2.61 bits per heavy atom. The number of carbonyl (C=O) groups excluding carboxylic acids is 1. The summed E-state index contributed by atoms with van der Waals surface area (Å²) in [4.78, 5) is 14.2. The van der Waals surface area contributed by atoms with Crippen LogP contribution in [0.1, 0.15) is 38.5 Å². The first-order chi connectivity index (χ1) is 8.76. The fourth-order valence-corrected chi connectivity index (χ4v) is 3.44. The topological polar surface area (TPSA) is 52.6 Å². The first-order valence-corrected chi connectivity index (χ1v) is 7.33. The lowest BCUT2D eigenvalue weighted by atomic mass is 9.79. The van der Waals surface area contributed by atoms with Crippen molar-refractivity contribution in [3.63, 3.8) is 0 Å². The normalized spacial score (nSPS) is 33.8. The molecule has 18 heavy (non-hydrogen) atoms. The van der Waals surface area contributed by atoms with Gasteiger partial charge < -0.3 is 15.3 Å². The number of nitrogens with one attached hydrogen (secondary N) is 1. The van der Waals surface area contributed by atoms with E-state index in [2.05, 4.69) is 5.32 Å². The van der Waals surface area contributed by atoms with Crippen LogP contribution in [0.4, 0.5) is 0 Å². The second-order valence-corrected chi connectivity index (χ2v) is 5.75. The molecule has 0 radical (unpaired) electrons. The van der Waals surface area contributed by atoms with Crippen LogP contribution in [0.5, 0.6) is 0 Å². The van der Waals surface area contributed by atoms with Gasteiger partial charge in [-0.3, -0.25) is 4.79 Å². The third-order valence-electron chi connectivity index (χ3n) is 4.63. The highest BCUT2D eigenvalue weighted by Crippen LogP contribution is 2.31. The zero-order valence-corrected chi connectivity index (χ0v) is 11.4. The van der Waals surface area contributed by atoms with Gasteiger partial charge in [-0.05, 0) is 44.6 Å². The van der Waals surface area contributed by atoms with E-state index in [1.165, 1.54) is 19.3 Å². The van der Waals surface area contributed by atoms with Crippen LogP contribution in [-0.4, -0.2) is 48.7 Å². The second-order valence-electron chi connectivity index (χ2n) is 5.75. The predicted octanol–water partition coefficient (Wildman–Crippen LogP) is 0.995. The minimum absolute atomic E-state index is 0.00918. The van der Waals surface area contributed by atoms with Crippen molar-refractivity contribution in [3.05, 3.63) is 0 Å². The van der Waals surface area contributed by atoms with Gasteiger partial charge in [-0.15, -0.1) is 0 Å². The molecule has 0 aromatic carbocycles. The Morgan fingerprint density at radius 2 is 1.94 bits per heavy atom. The van der Waals surface area contributed by atoms with Gasteiger partial charge in [-0.25, -0.2) is 0 Å². The van der Waals surface area contributed by atoms with Crippen LogP contribution in [-0.2, 0) is 4.79 Å². The number of aliphatic hydroxyl groups excluding tert-OH is 1. The number of carbonyl (C=O) groups is 1. The Labute approximate surface area is 110 Å². The third-order valence-corrected chi connectivity index (χ3v) is 4.63. The number of piperidine rings is 1. The molecule has 1 saturated heterocycles. The first-order valence-electron chi connectivity index (χ1n) is 7.33. The minimum atomic E-state index is 0.00918. The zero-order chi connectivity index (χ0) is 13.0. The molecule has 1 aliphatic heterocycles. The van der Waals surface area contributed by atoms with Gasteiger partial charge >= 0.3 is 0 Å². The fourth-order valence-electron chi connectivity index (χ4n) is 3.44. The molecule has 0 aromatic heterocycles. The molecule has 0 aromatic rings. The molecule has 104 valence electrons. The molecule has 1 amide bonds. The van der Waals surface area contributed by atoms with Crippen molar-refractivity contribution in [2.45, 2.75) is 44.6 Å². The Morgan fingerprint density at radius 1 is 1.22 bits per heavy atom. The van der Waals surface area contributed by atoms with E-state index in [0.717, 1.165) is 32.4 Å². The molecule has 4 heteroatoms. The molecule has 0 bridgehead atoms. The number of hydrogen-bond acceptors (Lipinski definition) is 3. The summed E-state index contributed by atoms with van der Waals surface area (Å²) in [5.41, 5.74) is 0. The molecule has 4 nitrogen and oxygen atoms in total. The summed E-state index contributed by atoms with van der Waals surface area (Å²) in [7, 11) is 1.86. The van der Waals surface area contributed by atoms with Crippen LogP contribution in [0, 0.1) is 11.8 Å². The highest BCUT2D eigenvalue weighted by molar-refractivity contribution is 5.82. The fraction of sp³-hybridized carbons (Fsp3) is 0.929. The monoisotopic (exact) mass is 254 g/mol. The van der Waals surface area contributed by atoms with Crippen LogP contribution in [0.3, 0.4) is 0 Å². The lowest BCUT2D eigenvalue weighted by Gasteiger charge is -2.38. The van der Waals surface area contributed by atoms with Crippen molar-refractivity contribution >= 4 is 5.91 Å². The van der Waals surface area contributed by atoms with E-state index in [9.17, 15) is 9.90 Å². The van der Waals surface area contributed by atoms with Crippen LogP contribution in [0.15, 0.2) is 0 Å². The van der Waals surface area contributed by atoms with Crippen molar-refractivity contribution in [1.82, 2.24) is 10.2 Å². The molecule has 3 atom stereocenters. The molecule has 1 saturated carbocycles. The summed E-state index contributed by atoms with van der Waals surface area (Å²) >= 11 is 0. The average Bonchev–Trinajstić information content (AvgIpc) is 2.42. The van der Waals surface area contributed by atoms with Crippen molar-refractivity contribution in [2.24, 2.45) is 11.8 Å². The van der Waals surface area contributed by atoms with Gasteiger partial charge in [0.25, 0.3) is 0 Å². The highest BCUT2D eigenvalue weighted by atomic mass is 16.3. The number of hydrogen-bond donors (Lipinski definition) is 2. The highest BCUT2D eigenvalue weighted by Gasteiger charge is 2.32. The maximum absolute atomic E-state index is 12.2. The lowest BCUT2D eigenvalue weighted by molar-refractivity contribution is -0.137. The Bertz CT molecular complexity index is 283. The molecule has 3 unspecified atom stereocenters. The standard InChI is InChI=1S/C14H26N2O2/c1-15-13-7-4-8-16(14(13)18)9-11-5-2-3-6-12(11)10-17/h11-13,15,17H,2-10H2,1H3. The first kappa shape index (κ1) is 13.8. The van der Waals surface area contributed by atoms with Gasteiger partial charge in [0.15, 0.2) is 0 Å². The van der Waals surface area contributed by atoms with Gasteiger partial charge in [-0.2, -0.15) is 0 Å². The van der Waals surface area contributed by atoms with Crippen LogP contribution in [0.25, 0.3) is 0 Å². The summed E-state index contributed by atoms with van der Waals surface area (Å²) in [6, 6.07) is 0.00918.